The summed E-state index contributed by atoms with van der Waals surface area (Å²) in [5.41, 5.74) is 8.02. The molecule has 1 aliphatic rings. The molecule has 7 heteroatoms. The second kappa shape index (κ2) is 10.4. The van der Waals surface area contributed by atoms with Crippen molar-refractivity contribution in [1.29, 1.82) is 0 Å². The Bertz CT molecular complexity index is 578. The van der Waals surface area contributed by atoms with E-state index in [0.29, 0.717) is 23.7 Å². The lowest BCUT2D eigenvalue weighted by Gasteiger charge is -2.32. The van der Waals surface area contributed by atoms with Crippen LogP contribution in [-0.4, -0.2) is 61.5 Å². The number of piperazine rings is 1. The number of benzene rings is 1. The quantitative estimate of drug-likeness (QED) is 0.295. The number of anilines is 1. The summed E-state index contributed by atoms with van der Waals surface area (Å²) in [5, 5.41) is 0. The molecule has 0 amide bonds. The topological polar surface area (TPSA) is 58.8 Å². The Morgan fingerprint density at radius 1 is 1.24 bits per heavy atom. The van der Waals surface area contributed by atoms with Crippen LogP contribution in [0.3, 0.4) is 0 Å². The molecule has 1 aromatic carbocycles. The van der Waals surface area contributed by atoms with Crippen molar-refractivity contribution in [2.45, 2.75) is 25.8 Å². The predicted molar refractivity (Wildman–Crippen MR) is 106 cm³/mol. The predicted octanol–water partition coefficient (Wildman–Crippen LogP) is 3.34. The highest BCUT2D eigenvalue weighted by Crippen LogP contribution is 2.27. The van der Waals surface area contributed by atoms with Gasteiger partial charge in [-0.15, -0.1) is 11.6 Å². The minimum Gasteiger partial charge on any atom is -0.462 e. The normalized spacial score (nSPS) is 16.1. The van der Waals surface area contributed by atoms with Gasteiger partial charge in [-0.05, 0) is 59.9 Å². The fourth-order valence-corrected chi connectivity index (χ4v) is 3.51. The van der Waals surface area contributed by atoms with Gasteiger partial charge in [0.15, 0.2) is 0 Å². The van der Waals surface area contributed by atoms with Crippen LogP contribution in [-0.2, 0) is 11.3 Å². The number of hydrogen-bond donors (Lipinski definition) is 1. The van der Waals surface area contributed by atoms with E-state index in [1.807, 2.05) is 12.1 Å². The number of likely N-dealkylation sites (N-methyl/N-ethyl adjacent to an activating group) is 1. The first-order valence-electron chi connectivity index (χ1n) is 8.73. The lowest BCUT2D eigenvalue weighted by molar-refractivity contribution is 0.0499. The molecular formula is C18H27BrClN3O2. The highest BCUT2D eigenvalue weighted by molar-refractivity contribution is 9.10. The minimum absolute atomic E-state index is 0.357. The smallest absolute Gasteiger partial charge is 0.340 e. The summed E-state index contributed by atoms with van der Waals surface area (Å²) < 4.78 is 6.11. The summed E-state index contributed by atoms with van der Waals surface area (Å²) in [5.74, 6) is 0.284. The summed E-state index contributed by atoms with van der Waals surface area (Å²) in [4.78, 5) is 17.1. The highest BCUT2D eigenvalue weighted by atomic mass is 79.9. The summed E-state index contributed by atoms with van der Waals surface area (Å²) >= 11 is 9.11. The summed E-state index contributed by atoms with van der Waals surface area (Å²) in [6, 6.07) is 3.85. The largest absolute Gasteiger partial charge is 0.462 e. The van der Waals surface area contributed by atoms with Crippen molar-refractivity contribution in [3.05, 3.63) is 27.7 Å². The SMILES string of the molecule is CN1CCN(Cc2cc(Br)c(N)c(C(=O)OCCCCCCl)c2)CC1. The molecule has 1 heterocycles. The monoisotopic (exact) mass is 431 g/mol. The maximum Gasteiger partial charge on any atom is 0.340 e. The number of nitrogen functional groups attached to an aromatic ring is 1. The zero-order valence-corrected chi connectivity index (χ0v) is 17.1. The first kappa shape index (κ1) is 20.5. The number of ether oxygens (including phenoxy) is 1. The van der Waals surface area contributed by atoms with Crippen molar-refractivity contribution in [3.8, 4) is 0 Å². The second-order valence-electron chi connectivity index (χ2n) is 6.50. The lowest BCUT2D eigenvalue weighted by Crippen LogP contribution is -2.43. The van der Waals surface area contributed by atoms with Crippen LogP contribution in [0.2, 0.25) is 0 Å². The Kier molecular flexibility index (Phi) is 8.49. The van der Waals surface area contributed by atoms with Gasteiger partial charge in [-0.1, -0.05) is 0 Å². The number of unbranched alkanes of at least 4 members (excludes halogenated alkanes) is 2. The number of nitrogens with zero attached hydrogens (tertiary/aromatic N) is 2. The third-order valence-corrected chi connectivity index (χ3v) is 5.35. The van der Waals surface area contributed by atoms with Crippen LogP contribution in [0.25, 0.3) is 0 Å². The van der Waals surface area contributed by atoms with Gasteiger partial charge in [-0.2, -0.15) is 0 Å². The molecular weight excluding hydrogens is 406 g/mol. The highest BCUT2D eigenvalue weighted by Gasteiger charge is 2.18. The van der Waals surface area contributed by atoms with E-state index in [2.05, 4.69) is 32.8 Å². The molecule has 5 nitrogen and oxygen atoms in total. The van der Waals surface area contributed by atoms with Crippen molar-refractivity contribution in [2.75, 3.05) is 51.4 Å². The van der Waals surface area contributed by atoms with Gasteiger partial charge in [0.2, 0.25) is 0 Å². The minimum atomic E-state index is -0.357. The zero-order valence-electron chi connectivity index (χ0n) is 14.8. The summed E-state index contributed by atoms with van der Waals surface area (Å²) in [6.07, 6.45) is 2.72. The van der Waals surface area contributed by atoms with Crippen LogP contribution in [0.15, 0.2) is 16.6 Å². The van der Waals surface area contributed by atoms with Crippen molar-refractivity contribution in [1.82, 2.24) is 9.80 Å². The molecule has 1 fully saturated rings. The molecule has 0 aliphatic carbocycles. The molecule has 1 aliphatic heterocycles. The van der Waals surface area contributed by atoms with Gasteiger partial charge >= 0.3 is 5.97 Å². The van der Waals surface area contributed by atoms with E-state index >= 15 is 0 Å². The van der Waals surface area contributed by atoms with Crippen LogP contribution in [0.5, 0.6) is 0 Å². The Hall–Kier alpha value is -0.820. The molecule has 1 saturated heterocycles. The molecule has 0 atom stereocenters. The van der Waals surface area contributed by atoms with Crippen molar-refractivity contribution in [3.63, 3.8) is 0 Å². The maximum atomic E-state index is 12.4. The average Bonchev–Trinajstić information content (AvgIpc) is 2.59. The van der Waals surface area contributed by atoms with Gasteiger partial charge in [0.1, 0.15) is 0 Å². The maximum absolute atomic E-state index is 12.4. The number of halogens is 2. The fraction of sp³-hybridized carbons (Fsp3) is 0.611. The first-order valence-corrected chi connectivity index (χ1v) is 10.1. The van der Waals surface area contributed by atoms with Gasteiger partial charge in [0.05, 0.1) is 17.9 Å². The third-order valence-electron chi connectivity index (χ3n) is 4.42. The van der Waals surface area contributed by atoms with E-state index in [-0.39, 0.29) is 5.97 Å². The summed E-state index contributed by atoms with van der Waals surface area (Å²) in [7, 11) is 2.14. The zero-order chi connectivity index (χ0) is 18.2. The molecule has 0 radical (unpaired) electrons. The third kappa shape index (κ3) is 6.44. The molecule has 140 valence electrons. The molecule has 0 bridgehead atoms. The Morgan fingerprint density at radius 2 is 1.96 bits per heavy atom. The van der Waals surface area contributed by atoms with E-state index in [9.17, 15) is 4.79 Å². The number of carbonyl (C=O) groups is 1. The van der Waals surface area contributed by atoms with E-state index in [0.717, 1.165) is 62.0 Å². The molecule has 2 N–H and O–H groups in total. The molecule has 25 heavy (non-hydrogen) atoms. The molecule has 1 aromatic rings. The van der Waals surface area contributed by atoms with Crippen LogP contribution in [0.1, 0.15) is 35.2 Å². The number of carbonyl (C=O) groups excluding carboxylic acids is 1. The molecule has 0 unspecified atom stereocenters. The van der Waals surface area contributed by atoms with Crippen LogP contribution in [0.4, 0.5) is 5.69 Å². The number of alkyl halides is 1. The molecule has 0 spiro atoms. The van der Waals surface area contributed by atoms with E-state index < -0.39 is 0 Å². The molecule has 2 rings (SSSR count). The van der Waals surface area contributed by atoms with Gasteiger partial charge in [-0.25, -0.2) is 4.79 Å². The van der Waals surface area contributed by atoms with Gasteiger partial charge < -0.3 is 15.4 Å². The molecule has 0 saturated carbocycles. The summed E-state index contributed by atoms with van der Waals surface area (Å²) in [6.45, 7) is 5.39. The van der Waals surface area contributed by atoms with E-state index in [1.165, 1.54) is 0 Å². The average molecular weight is 433 g/mol. The van der Waals surface area contributed by atoms with Gasteiger partial charge in [-0.3, -0.25) is 4.90 Å². The Labute approximate surface area is 163 Å². The first-order chi connectivity index (χ1) is 12.0. The number of esters is 1. The van der Waals surface area contributed by atoms with Crippen LogP contribution < -0.4 is 5.73 Å². The van der Waals surface area contributed by atoms with Crippen LogP contribution in [0, 0.1) is 0 Å². The Morgan fingerprint density at radius 3 is 2.64 bits per heavy atom. The van der Waals surface area contributed by atoms with Crippen molar-refractivity contribution >= 4 is 39.2 Å². The van der Waals surface area contributed by atoms with Crippen molar-refractivity contribution < 1.29 is 9.53 Å². The fourth-order valence-electron chi connectivity index (χ4n) is 2.81. The van der Waals surface area contributed by atoms with Crippen LogP contribution >= 0.6 is 27.5 Å². The lowest BCUT2D eigenvalue weighted by atomic mass is 10.1. The Balaban J connectivity index is 1.97. The van der Waals surface area contributed by atoms with E-state index in [4.69, 9.17) is 22.1 Å². The number of hydrogen-bond acceptors (Lipinski definition) is 5. The van der Waals surface area contributed by atoms with E-state index in [1.54, 1.807) is 0 Å². The van der Waals surface area contributed by atoms with Crippen molar-refractivity contribution in [2.24, 2.45) is 0 Å². The standard InChI is InChI=1S/C18H27BrClN3O2/c1-22-6-8-23(9-7-22)13-14-11-15(17(21)16(19)12-14)18(24)25-10-4-2-3-5-20/h11-12H,2-10,13,21H2,1H3. The second-order valence-corrected chi connectivity index (χ2v) is 7.74. The number of nitrogens with two attached hydrogens (primary N) is 1. The van der Waals surface area contributed by atoms with Gasteiger partial charge in [0, 0.05) is 43.1 Å². The molecule has 0 aromatic heterocycles. The van der Waals surface area contributed by atoms with Gasteiger partial charge in [0.25, 0.3) is 0 Å². The number of rotatable bonds is 8.